The van der Waals surface area contributed by atoms with Gasteiger partial charge in [-0.3, -0.25) is 4.79 Å². The van der Waals surface area contributed by atoms with Crippen LogP contribution in [-0.4, -0.2) is 49.1 Å². The minimum Gasteiger partial charge on any atom is -0.484 e. The number of halogens is 1. The van der Waals surface area contributed by atoms with Gasteiger partial charge in [-0.05, 0) is 56.5 Å². The number of hydrogen-bond acceptors (Lipinski definition) is 5. The zero-order chi connectivity index (χ0) is 22.1. The lowest BCUT2D eigenvalue weighted by Crippen LogP contribution is -2.48. The van der Waals surface area contributed by atoms with Crippen molar-refractivity contribution >= 4 is 41.7 Å². The second kappa shape index (κ2) is 13.1. The third kappa shape index (κ3) is 8.18. The number of rotatable bonds is 8. The van der Waals surface area contributed by atoms with Crippen LogP contribution in [-0.2, 0) is 11.3 Å². The highest BCUT2D eigenvalue weighted by atomic mass is 127. The Bertz CT molecular complexity index is 900. The number of anilines is 1. The number of amides is 1. The van der Waals surface area contributed by atoms with Crippen LogP contribution in [0.2, 0.25) is 0 Å². The number of pyridine rings is 1. The highest BCUT2D eigenvalue weighted by Crippen LogP contribution is 2.18. The van der Waals surface area contributed by atoms with Crippen LogP contribution in [0.1, 0.15) is 31.0 Å². The predicted octanol–water partition coefficient (Wildman–Crippen LogP) is 2.60. The SMILES string of the molecule is CCNC(=NCc1cccc(OCC(N)=O)c1)NC1CCN(c2cccc(C)n2)CC1.I. The van der Waals surface area contributed by atoms with Gasteiger partial charge in [-0.2, -0.15) is 0 Å². The van der Waals surface area contributed by atoms with E-state index in [4.69, 9.17) is 15.5 Å². The predicted molar refractivity (Wildman–Crippen MR) is 139 cm³/mol. The first-order chi connectivity index (χ1) is 15.0. The second-order valence-electron chi connectivity index (χ2n) is 7.64. The van der Waals surface area contributed by atoms with Crippen molar-refractivity contribution in [3.05, 3.63) is 53.7 Å². The number of nitrogens with two attached hydrogens (primary N) is 1. The minimum atomic E-state index is -0.494. The molecule has 0 saturated carbocycles. The summed E-state index contributed by atoms with van der Waals surface area (Å²) in [5.74, 6) is 1.98. The Labute approximate surface area is 207 Å². The van der Waals surface area contributed by atoms with Crippen LogP contribution in [0.3, 0.4) is 0 Å². The third-order valence-corrected chi connectivity index (χ3v) is 5.08. The molecule has 32 heavy (non-hydrogen) atoms. The summed E-state index contributed by atoms with van der Waals surface area (Å²) in [6.45, 7) is 7.18. The van der Waals surface area contributed by atoms with Gasteiger partial charge in [-0.15, -0.1) is 24.0 Å². The van der Waals surface area contributed by atoms with E-state index in [1.54, 1.807) is 6.07 Å². The summed E-state index contributed by atoms with van der Waals surface area (Å²) in [4.78, 5) is 22.6. The zero-order valence-corrected chi connectivity index (χ0v) is 21.0. The van der Waals surface area contributed by atoms with Gasteiger partial charge in [0.1, 0.15) is 11.6 Å². The fourth-order valence-corrected chi connectivity index (χ4v) is 3.53. The normalized spacial score (nSPS) is 14.4. The zero-order valence-electron chi connectivity index (χ0n) is 18.7. The first-order valence-electron chi connectivity index (χ1n) is 10.8. The number of aliphatic imine (C=N–C) groups is 1. The van der Waals surface area contributed by atoms with Gasteiger partial charge >= 0.3 is 0 Å². The molecule has 8 nitrogen and oxygen atoms in total. The van der Waals surface area contributed by atoms with Gasteiger partial charge < -0.3 is 26.0 Å². The van der Waals surface area contributed by atoms with Crippen LogP contribution < -0.4 is 26.0 Å². The van der Waals surface area contributed by atoms with Crippen LogP contribution in [0, 0.1) is 6.92 Å². The highest BCUT2D eigenvalue weighted by molar-refractivity contribution is 14.0. The third-order valence-electron chi connectivity index (χ3n) is 5.08. The number of carbonyl (C=O) groups is 1. The Morgan fingerprint density at radius 3 is 2.69 bits per heavy atom. The first-order valence-corrected chi connectivity index (χ1v) is 10.8. The number of carbonyl (C=O) groups excluding carboxylic acids is 1. The van der Waals surface area contributed by atoms with E-state index in [-0.39, 0.29) is 30.6 Å². The maximum atomic E-state index is 10.9. The van der Waals surface area contributed by atoms with Crippen LogP contribution in [0.5, 0.6) is 5.75 Å². The van der Waals surface area contributed by atoms with E-state index < -0.39 is 5.91 Å². The number of guanidine groups is 1. The van der Waals surface area contributed by atoms with E-state index in [9.17, 15) is 4.79 Å². The summed E-state index contributed by atoms with van der Waals surface area (Å²) < 4.78 is 5.37. The van der Waals surface area contributed by atoms with Gasteiger partial charge in [0.15, 0.2) is 12.6 Å². The lowest BCUT2D eigenvalue weighted by atomic mass is 10.1. The molecule has 1 aliphatic heterocycles. The van der Waals surface area contributed by atoms with Crippen LogP contribution >= 0.6 is 24.0 Å². The summed E-state index contributed by atoms with van der Waals surface area (Å²) in [5.41, 5.74) is 7.18. The summed E-state index contributed by atoms with van der Waals surface area (Å²) in [6.07, 6.45) is 2.05. The number of primary amides is 1. The van der Waals surface area contributed by atoms with E-state index in [0.717, 1.165) is 55.5 Å². The quantitative estimate of drug-likeness (QED) is 0.264. The molecule has 0 spiro atoms. The van der Waals surface area contributed by atoms with Crippen LogP contribution in [0.4, 0.5) is 5.82 Å². The Morgan fingerprint density at radius 2 is 2.00 bits per heavy atom. The maximum Gasteiger partial charge on any atom is 0.255 e. The highest BCUT2D eigenvalue weighted by Gasteiger charge is 2.21. The number of aromatic nitrogens is 1. The molecule has 3 rings (SSSR count). The van der Waals surface area contributed by atoms with Gasteiger partial charge in [-0.1, -0.05) is 18.2 Å². The van der Waals surface area contributed by atoms with Crippen molar-refractivity contribution in [1.29, 1.82) is 0 Å². The Kier molecular flexibility index (Phi) is 10.5. The molecule has 0 atom stereocenters. The summed E-state index contributed by atoms with van der Waals surface area (Å²) in [5, 5.41) is 6.89. The van der Waals surface area contributed by atoms with Crippen molar-refractivity contribution in [2.24, 2.45) is 10.7 Å². The second-order valence-corrected chi connectivity index (χ2v) is 7.64. The molecule has 0 unspecified atom stereocenters. The van der Waals surface area contributed by atoms with E-state index >= 15 is 0 Å². The Hall–Kier alpha value is -2.56. The number of aryl methyl sites for hydroxylation is 1. The molecule has 9 heteroatoms. The monoisotopic (exact) mass is 552 g/mol. The number of nitrogens with zero attached hydrogens (tertiary/aromatic N) is 3. The summed E-state index contributed by atoms with van der Waals surface area (Å²) in [6, 6.07) is 14.1. The lowest BCUT2D eigenvalue weighted by Gasteiger charge is -2.34. The lowest BCUT2D eigenvalue weighted by molar-refractivity contribution is -0.119. The topological polar surface area (TPSA) is 105 Å². The van der Waals surface area contributed by atoms with E-state index in [0.29, 0.717) is 18.3 Å². The minimum absolute atomic E-state index is 0. The van der Waals surface area contributed by atoms with Gasteiger partial charge in [0.2, 0.25) is 0 Å². The maximum absolute atomic E-state index is 10.9. The van der Waals surface area contributed by atoms with Gasteiger partial charge in [-0.25, -0.2) is 9.98 Å². The molecule has 1 saturated heterocycles. The summed E-state index contributed by atoms with van der Waals surface area (Å²) >= 11 is 0. The number of benzene rings is 1. The smallest absolute Gasteiger partial charge is 0.255 e. The van der Waals surface area contributed by atoms with Crippen molar-refractivity contribution in [2.45, 2.75) is 39.3 Å². The molecule has 1 fully saturated rings. The molecule has 174 valence electrons. The molecule has 0 aliphatic carbocycles. The number of ether oxygens (including phenoxy) is 1. The molecular weight excluding hydrogens is 519 g/mol. The fraction of sp³-hybridized carbons (Fsp3) is 0.435. The van der Waals surface area contributed by atoms with Crippen LogP contribution in [0.15, 0.2) is 47.5 Å². The van der Waals surface area contributed by atoms with Crippen molar-refractivity contribution < 1.29 is 9.53 Å². The molecule has 1 aromatic heterocycles. The van der Waals surface area contributed by atoms with E-state index in [2.05, 4.69) is 39.6 Å². The van der Waals surface area contributed by atoms with Crippen molar-refractivity contribution in [3.63, 3.8) is 0 Å². The van der Waals surface area contributed by atoms with E-state index in [1.807, 2.05) is 31.2 Å². The van der Waals surface area contributed by atoms with Gasteiger partial charge in [0.25, 0.3) is 5.91 Å². The Balaban J connectivity index is 0.00000363. The van der Waals surface area contributed by atoms with Gasteiger partial charge in [0.05, 0.1) is 6.54 Å². The van der Waals surface area contributed by atoms with Crippen LogP contribution in [0.25, 0.3) is 0 Å². The molecule has 0 radical (unpaired) electrons. The molecule has 2 aromatic rings. The van der Waals surface area contributed by atoms with Crippen molar-refractivity contribution in [3.8, 4) is 5.75 Å². The van der Waals surface area contributed by atoms with Crippen molar-refractivity contribution in [1.82, 2.24) is 15.6 Å². The van der Waals surface area contributed by atoms with Gasteiger partial charge in [0, 0.05) is 31.4 Å². The molecule has 1 amide bonds. The standard InChI is InChI=1S/C23H32N6O2.HI/c1-3-25-23(26-15-18-7-5-8-20(14-18)31-16-21(24)30)28-19-10-12-29(13-11-19)22-9-4-6-17(2)27-22;/h4-9,14,19H,3,10-13,15-16H2,1-2H3,(H2,24,30)(H2,25,26,28);1H. The molecule has 0 bridgehead atoms. The van der Waals surface area contributed by atoms with E-state index in [1.165, 1.54) is 0 Å². The average Bonchev–Trinajstić information content (AvgIpc) is 2.77. The number of hydrogen-bond donors (Lipinski definition) is 3. The number of piperidine rings is 1. The summed E-state index contributed by atoms with van der Waals surface area (Å²) in [7, 11) is 0. The first kappa shape index (κ1) is 25.7. The molecule has 2 heterocycles. The molecule has 1 aliphatic rings. The van der Waals surface area contributed by atoms with Crippen molar-refractivity contribution in [2.75, 3.05) is 31.1 Å². The fourth-order valence-electron chi connectivity index (χ4n) is 3.53. The largest absolute Gasteiger partial charge is 0.484 e. The average molecular weight is 552 g/mol. The number of nitrogens with one attached hydrogen (secondary N) is 2. The molecule has 4 N–H and O–H groups in total. The Morgan fingerprint density at radius 1 is 1.25 bits per heavy atom. The molecular formula is C23H33IN6O2. The molecule has 1 aromatic carbocycles.